The summed E-state index contributed by atoms with van der Waals surface area (Å²) in [6.45, 7) is 0. The Labute approximate surface area is 123 Å². The summed E-state index contributed by atoms with van der Waals surface area (Å²) in [7, 11) is 1.89. The average molecular weight is 298 g/mol. The maximum atomic E-state index is 4.53. The van der Waals surface area contributed by atoms with Crippen LogP contribution in [0.15, 0.2) is 11.2 Å². The number of aromatic nitrogens is 2. The summed E-state index contributed by atoms with van der Waals surface area (Å²) >= 11 is 3.57. The van der Waals surface area contributed by atoms with Crippen molar-refractivity contribution >= 4 is 35.2 Å². The van der Waals surface area contributed by atoms with Crippen LogP contribution in [-0.2, 0) is 0 Å². The molecule has 0 bridgehead atoms. The maximum Gasteiger partial charge on any atom is 0.191 e. The maximum absolute atomic E-state index is 4.53. The van der Waals surface area contributed by atoms with Crippen molar-refractivity contribution in [3.63, 3.8) is 0 Å². The van der Waals surface area contributed by atoms with Gasteiger partial charge < -0.3 is 10.6 Å². The Morgan fingerprint density at radius 1 is 1.11 bits per heavy atom. The Bertz CT molecular complexity index is 383. The number of thioether (sulfide) groups is 2. The van der Waals surface area contributed by atoms with Gasteiger partial charge in [0.25, 0.3) is 0 Å². The van der Waals surface area contributed by atoms with Gasteiger partial charge in [-0.15, -0.1) is 0 Å². The molecule has 1 aromatic rings. The molecule has 2 N–H and O–H groups in total. The third-order valence-corrected chi connectivity index (χ3v) is 5.19. The highest BCUT2D eigenvalue weighted by Crippen LogP contribution is 2.29. The molecular formula is C13H22N4S2. The Balaban J connectivity index is 1.99. The minimum Gasteiger partial charge on any atom is -0.373 e. The molecule has 0 amide bonds. The van der Waals surface area contributed by atoms with Gasteiger partial charge in [0.15, 0.2) is 5.16 Å². The van der Waals surface area contributed by atoms with Crippen molar-refractivity contribution in [3.05, 3.63) is 6.07 Å². The number of rotatable bonds is 5. The van der Waals surface area contributed by atoms with E-state index in [0.717, 1.165) is 22.0 Å². The SMILES string of the molecule is CNc1cc(NC2CCC(SC)CC2)nc(SC)n1. The lowest BCUT2D eigenvalue weighted by Crippen LogP contribution is -2.27. The summed E-state index contributed by atoms with van der Waals surface area (Å²) in [5.41, 5.74) is 0. The molecule has 1 saturated carbocycles. The fraction of sp³-hybridized carbons (Fsp3) is 0.692. The van der Waals surface area contributed by atoms with Crippen molar-refractivity contribution in [1.29, 1.82) is 0 Å². The van der Waals surface area contributed by atoms with E-state index in [-0.39, 0.29) is 0 Å². The van der Waals surface area contributed by atoms with Crippen molar-refractivity contribution in [2.24, 2.45) is 0 Å². The first kappa shape index (κ1) is 14.8. The first-order valence-electron chi connectivity index (χ1n) is 6.65. The van der Waals surface area contributed by atoms with Crippen molar-refractivity contribution < 1.29 is 0 Å². The van der Waals surface area contributed by atoms with Gasteiger partial charge in [-0.25, -0.2) is 9.97 Å². The van der Waals surface area contributed by atoms with Gasteiger partial charge in [-0.3, -0.25) is 0 Å². The van der Waals surface area contributed by atoms with Crippen LogP contribution >= 0.6 is 23.5 Å². The predicted molar refractivity (Wildman–Crippen MR) is 86.5 cm³/mol. The van der Waals surface area contributed by atoms with Crippen LogP contribution in [0.4, 0.5) is 11.6 Å². The molecule has 6 heteroatoms. The monoisotopic (exact) mass is 298 g/mol. The van der Waals surface area contributed by atoms with Crippen LogP contribution in [0.3, 0.4) is 0 Å². The molecule has 1 fully saturated rings. The lowest BCUT2D eigenvalue weighted by molar-refractivity contribution is 0.472. The van der Waals surface area contributed by atoms with E-state index in [1.54, 1.807) is 11.8 Å². The standard InChI is InChI=1S/C13H22N4S2/c1-14-11-8-12(17-13(16-11)19-3)15-9-4-6-10(18-2)7-5-9/h8-10H,4-7H2,1-3H3,(H2,14,15,16,17). The van der Waals surface area contributed by atoms with Crippen LogP contribution < -0.4 is 10.6 Å². The van der Waals surface area contributed by atoms with Crippen molar-refractivity contribution in [2.75, 3.05) is 30.2 Å². The van der Waals surface area contributed by atoms with E-state index in [9.17, 15) is 0 Å². The van der Waals surface area contributed by atoms with Crippen LogP contribution in [-0.4, -0.2) is 40.8 Å². The molecule has 0 aliphatic heterocycles. The Morgan fingerprint density at radius 2 is 1.79 bits per heavy atom. The summed E-state index contributed by atoms with van der Waals surface area (Å²) < 4.78 is 0. The zero-order valence-corrected chi connectivity index (χ0v) is 13.4. The molecule has 0 aromatic carbocycles. The van der Waals surface area contributed by atoms with Crippen LogP contribution in [0.25, 0.3) is 0 Å². The van der Waals surface area contributed by atoms with Gasteiger partial charge in [-0.2, -0.15) is 11.8 Å². The molecule has 19 heavy (non-hydrogen) atoms. The second-order valence-corrected chi connectivity index (χ2v) is 6.64. The molecule has 106 valence electrons. The highest BCUT2D eigenvalue weighted by Gasteiger charge is 2.20. The first-order chi connectivity index (χ1) is 9.25. The molecule has 1 aliphatic rings. The molecule has 0 spiro atoms. The molecule has 1 heterocycles. The number of nitrogens with zero attached hydrogens (tertiary/aromatic N) is 2. The normalized spacial score (nSPS) is 23.1. The van der Waals surface area contributed by atoms with Gasteiger partial charge in [0.05, 0.1) is 0 Å². The topological polar surface area (TPSA) is 49.8 Å². The van der Waals surface area contributed by atoms with Gasteiger partial charge in [0.1, 0.15) is 11.6 Å². The van der Waals surface area contributed by atoms with E-state index in [2.05, 4.69) is 26.9 Å². The summed E-state index contributed by atoms with van der Waals surface area (Å²) in [4.78, 5) is 8.91. The highest BCUT2D eigenvalue weighted by molar-refractivity contribution is 7.99. The lowest BCUT2D eigenvalue weighted by Gasteiger charge is -2.28. The van der Waals surface area contributed by atoms with Crippen LogP contribution in [0.5, 0.6) is 0 Å². The molecule has 0 saturated heterocycles. The fourth-order valence-corrected chi connectivity index (χ4v) is 3.49. The molecule has 1 aliphatic carbocycles. The molecule has 2 rings (SSSR count). The third kappa shape index (κ3) is 4.18. The summed E-state index contributed by atoms with van der Waals surface area (Å²) in [6, 6.07) is 2.54. The molecular weight excluding hydrogens is 276 g/mol. The number of hydrogen-bond donors (Lipinski definition) is 2. The van der Waals surface area contributed by atoms with Crippen LogP contribution in [0.2, 0.25) is 0 Å². The van der Waals surface area contributed by atoms with E-state index >= 15 is 0 Å². The minimum absolute atomic E-state index is 0.553. The van der Waals surface area contributed by atoms with Gasteiger partial charge in [0.2, 0.25) is 0 Å². The van der Waals surface area contributed by atoms with E-state index in [4.69, 9.17) is 0 Å². The minimum atomic E-state index is 0.553. The lowest BCUT2D eigenvalue weighted by atomic mass is 9.95. The molecule has 0 unspecified atom stereocenters. The van der Waals surface area contributed by atoms with Gasteiger partial charge in [-0.1, -0.05) is 11.8 Å². The zero-order chi connectivity index (χ0) is 13.7. The average Bonchev–Trinajstić information content (AvgIpc) is 2.47. The van der Waals surface area contributed by atoms with Crippen LogP contribution in [0.1, 0.15) is 25.7 Å². The van der Waals surface area contributed by atoms with Crippen molar-refractivity contribution in [3.8, 4) is 0 Å². The molecule has 0 radical (unpaired) electrons. The highest BCUT2D eigenvalue weighted by atomic mass is 32.2. The number of hydrogen-bond acceptors (Lipinski definition) is 6. The second kappa shape index (κ2) is 7.24. The van der Waals surface area contributed by atoms with Crippen LogP contribution in [0, 0.1) is 0 Å². The summed E-state index contributed by atoms with van der Waals surface area (Å²) in [6.07, 6.45) is 9.30. The van der Waals surface area contributed by atoms with Gasteiger partial charge >= 0.3 is 0 Å². The van der Waals surface area contributed by atoms with E-state index in [1.165, 1.54) is 25.7 Å². The quantitative estimate of drug-likeness (QED) is 0.642. The summed E-state index contributed by atoms with van der Waals surface area (Å²) in [5, 5.41) is 8.31. The van der Waals surface area contributed by atoms with Gasteiger partial charge in [-0.05, 0) is 38.2 Å². The van der Waals surface area contributed by atoms with E-state index in [0.29, 0.717) is 6.04 Å². The number of nitrogens with one attached hydrogen (secondary N) is 2. The Kier molecular flexibility index (Phi) is 5.63. The summed E-state index contributed by atoms with van der Waals surface area (Å²) in [5.74, 6) is 1.82. The fourth-order valence-electron chi connectivity index (χ4n) is 2.37. The Hall–Kier alpha value is -0.620. The number of anilines is 2. The predicted octanol–water partition coefficient (Wildman–Crippen LogP) is 3.33. The third-order valence-electron chi connectivity index (χ3n) is 3.50. The largest absolute Gasteiger partial charge is 0.373 e. The zero-order valence-electron chi connectivity index (χ0n) is 11.8. The van der Waals surface area contributed by atoms with E-state index < -0.39 is 0 Å². The molecule has 4 nitrogen and oxygen atoms in total. The smallest absolute Gasteiger partial charge is 0.191 e. The first-order valence-corrected chi connectivity index (χ1v) is 9.16. The second-order valence-electron chi connectivity index (χ2n) is 4.73. The Morgan fingerprint density at radius 3 is 2.37 bits per heavy atom. The van der Waals surface area contributed by atoms with Gasteiger partial charge in [0, 0.05) is 24.4 Å². The van der Waals surface area contributed by atoms with E-state index in [1.807, 2.05) is 31.1 Å². The van der Waals surface area contributed by atoms with Crippen molar-refractivity contribution in [2.45, 2.75) is 42.1 Å². The molecule has 0 atom stereocenters. The van der Waals surface area contributed by atoms with Crippen molar-refractivity contribution in [1.82, 2.24) is 9.97 Å². The molecule has 1 aromatic heterocycles.